The Morgan fingerprint density at radius 3 is 2.80 bits per heavy atom. The van der Waals surface area contributed by atoms with E-state index < -0.39 is 0 Å². The third kappa shape index (κ3) is 2.91. The van der Waals surface area contributed by atoms with E-state index in [0.29, 0.717) is 12.8 Å². The average molecular weight is 205 g/mol. The van der Waals surface area contributed by atoms with Crippen LogP contribution in [0.2, 0.25) is 0 Å². The van der Waals surface area contributed by atoms with Gasteiger partial charge in [-0.3, -0.25) is 14.9 Å². The Hall–Kier alpha value is -1.64. The number of rotatable bonds is 3. The molecule has 1 aliphatic heterocycles. The van der Waals surface area contributed by atoms with Crippen molar-refractivity contribution in [2.75, 3.05) is 0 Å². The van der Waals surface area contributed by atoms with Crippen LogP contribution >= 0.6 is 0 Å². The van der Waals surface area contributed by atoms with Crippen LogP contribution in [0.25, 0.3) is 0 Å². The van der Waals surface area contributed by atoms with E-state index in [2.05, 4.69) is 11.9 Å². The molecule has 3 heteroatoms. The van der Waals surface area contributed by atoms with Crippen LogP contribution in [0.15, 0.2) is 36.5 Å². The third-order valence-electron chi connectivity index (χ3n) is 2.36. The maximum Gasteiger partial charge on any atom is 0.234 e. The fourth-order valence-electron chi connectivity index (χ4n) is 1.55. The highest BCUT2D eigenvalue weighted by Crippen LogP contribution is 2.21. The lowest BCUT2D eigenvalue weighted by Gasteiger charge is -2.21. The minimum absolute atomic E-state index is 0.189. The van der Waals surface area contributed by atoms with E-state index in [1.807, 2.05) is 25.2 Å². The smallest absolute Gasteiger partial charge is 0.234 e. The number of nitrogens with one attached hydrogen (secondary N) is 1. The van der Waals surface area contributed by atoms with Crippen LogP contribution in [-0.2, 0) is 9.59 Å². The number of imide groups is 1. The van der Waals surface area contributed by atoms with Gasteiger partial charge in [-0.15, -0.1) is 0 Å². The zero-order valence-corrected chi connectivity index (χ0v) is 8.82. The van der Waals surface area contributed by atoms with E-state index in [0.717, 1.165) is 5.57 Å². The molecule has 1 aliphatic rings. The molecule has 0 radical (unpaired) electrons. The molecular formula is C12H15NO2. The van der Waals surface area contributed by atoms with Gasteiger partial charge in [0.2, 0.25) is 11.8 Å². The first kappa shape index (κ1) is 11.4. The predicted molar refractivity (Wildman–Crippen MR) is 59.0 cm³/mol. The molecule has 1 unspecified atom stereocenters. The van der Waals surface area contributed by atoms with Crippen LogP contribution in [0.5, 0.6) is 0 Å². The molecular weight excluding hydrogens is 190 g/mol. The van der Waals surface area contributed by atoms with E-state index in [9.17, 15) is 9.59 Å². The van der Waals surface area contributed by atoms with Crippen LogP contribution < -0.4 is 5.32 Å². The number of amides is 2. The summed E-state index contributed by atoms with van der Waals surface area (Å²) < 4.78 is 0. The summed E-state index contributed by atoms with van der Waals surface area (Å²) in [6, 6.07) is 0. The number of allylic oxidation sites excluding steroid dienone is 4. The molecule has 1 saturated heterocycles. The monoisotopic (exact) mass is 205 g/mol. The highest BCUT2D eigenvalue weighted by molar-refractivity contribution is 6.00. The third-order valence-corrected chi connectivity index (χ3v) is 2.36. The molecule has 1 rings (SSSR count). The summed E-state index contributed by atoms with van der Waals surface area (Å²) in [5, 5.41) is 2.33. The van der Waals surface area contributed by atoms with Gasteiger partial charge in [-0.1, -0.05) is 30.9 Å². The van der Waals surface area contributed by atoms with Gasteiger partial charge >= 0.3 is 0 Å². The maximum absolute atomic E-state index is 11.5. The molecule has 0 saturated carbocycles. The maximum atomic E-state index is 11.5. The van der Waals surface area contributed by atoms with Crippen LogP contribution in [0.1, 0.15) is 19.8 Å². The van der Waals surface area contributed by atoms with Crippen molar-refractivity contribution < 1.29 is 9.59 Å². The van der Waals surface area contributed by atoms with Crippen molar-refractivity contribution in [2.45, 2.75) is 19.8 Å². The molecule has 80 valence electrons. The van der Waals surface area contributed by atoms with Crippen molar-refractivity contribution in [1.29, 1.82) is 0 Å². The summed E-state index contributed by atoms with van der Waals surface area (Å²) in [7, 11) is 0. The minimum atomic E-state index is -0.239. The number of carbonyl (C=O) groups is 2. The number of hydrogen-bond donors (Lipinski definition) is 1. The molecule has 3 nitrogen and oxygen atoms in total. The largest absolute Gasteiger partial charge is 0.296 e. The first-order valence-corrected chi connectivity index (χ1v) is 4.98. The molecule has 1 heterocycles. The van der Waals surface area contributed by atoms with Crippen molar-refractivity contribution in [3.05, 3.63) is 36.5 Å². The van der Waals surface area contributed by atoms with E-state index in [-0.39, 0.29) is 17.7 Å². The average Bonchev–Trinajstić information content (AvgIpc) is 2.21. The van der Waals surface area contributed by atoms with Gasteiger partial charge in [0.05, 0.1) is 5.92 Å². The molecule has 0 aliphatic carbocycles. The topological polar surface area (TPSA) is 46.2 Å². The summed E-state index contributed by atoms with van der Waals surface area (Å²) >= 11 is 0. The molecule has 2 amide bonds. The van der Waals surface area contributed by atoms with Crippen molar-refractivity contribution in [3.63, 3.8) is 0 Å². The molecule has 0 aromatic carbocycles. The first-order chi connectivity index (χ1) is 7.19. The Morgan fingerprint density at radius 2 is 2.27 bits per heavy atom. The van der Waals surface area contributed by atoms with Gasteiger partial charge in [0.1, 0.15) is 0 Å². The van der Waals surface area contributed by atoms with E-state index >= 15 is 0 Å². The number of hydrogen-bond acceptors (Lipinski definition) is 2. The fourth-order valence-corrected chi connectivity index (χ4v) is 1.55. The molecule has 15 heavy (non-hydrogen) atoms. The highest BCUT2D eigenvalue weighted by atomic mass is 16.2. The van der Waals surface area contributed by atoms with E-state index in [1.54, 1.807) is 6.08 Å². The lowest BCUT2D eigenvalue weighted by atomic mass is 9.90. The standard InChI is InChI=1S/C12H15NO2/c1-3-5-6-9(4-2)10-7-8-11(14)13-12(10)15/h3-6,10H,2,7-8H2,1H3,(H,13,14,15)/b5-3-,9-6+. The minimum Gasteiger partial charge on any atom is -0.296 e. The first-order valence-electron chi connectivity index (χ1n) is 4.98. The van der Waals surface area contributed by atoms with Crippen molar-refractivity contribution in [1.82, 2.24) is 5.32 Å². The van der Waals surface area contributed by atoms with Gasteiger partial charge in [-0.25, -0.2) is 0 Å². The van der Waals surface area contributed by atoms with Crippen LogP contribution in [0, 0.1) is 5.92 Å². The number of piperidine rings is 1. The fraction of sp³-hybridized carbons (Fsp3) is 0.333. The van der Waals surface area contributed by atoms with Crippen molar-refractivity contribution >= 4 is 11.8 Å². The zero-order chi connectivity index (χ0) is 11.3. The second-order valence-corrected chi connectivity index (χ2v) is 3.40. The van der Waals surface area contributed by atoms with Crippen LogP contribution in [0.4, 0.5) is 0 Å². The van der Waals surface area contributed by atoms with E-state index in [4.69, 9.17) is 0 Å². The van der Waals surface area contributed by atoms with Crippen LogP contribution in [0.3, 0.4) is 0 Å². The SMILES string of the molecule is C=C/C(=C\C=C/C)C1CCC(=O)NC1=O. The lowest BCUT2D eigenvalue weighted by Crippen LogP contribution is -2.41. The van der Waals surface area contributed by atoms with Crippen molar-refractivity contribution in [3.8, 4) is 0 Å². The Kier molecular flexibility index (Phi) is 4.03. The second-order valence-electron chi connectivity index (χ2n) is 3.40. The quantitative estimate of drug-likeness (QED) is 0.563. The number of carbonyl (C=O) groups excluding carboxylic acids is 2. The Morgan fingerprint density at radius 1 is 1.53 bits per heavy atom. The van der Waals surface area contributed by atoms with Gasteiger partial charge in [0.25, 0.3) is 0 Å². The molecule has 1 fully saturated rings. The highest BCUT2D eigenvalue weighted by Gasteiger charge is 2.27. The summed E-state index contributed by atoms with van der Waals surface area (Å²) in [4.78, 5) is 22.5. The second kappa shape index (κ2) is 5.29. The van der Waals surface area contributed by atoms with Crippen molar-refractivity contribution in [2.24, 2.45) is 5.92 Å². The summed E-state index contributed by atoms with van der Waals surface area (Å²) in [5.74, 6) is -0.649. The Labute approximate surface area is 89.6 Å². The van der Waals surface area contributed by atoms with Crippen LogP contribution in [-0.4, -0.2) is 11.8 Å². The zero-order valence-electron chi connectivity index (χ0n) is 8.82. The molecule has 0 bridgehead atoms. The normalized spacial score (nSPS) is 23.0. The summed E-state index contributed by atoms with van der Waals surface area (Å²) in [6.45, 7) is 5.58. The van der Waals surface area contributed by atoms with Gasteiger partial charge in [0.15, 0.2) is 0 Å². The Balaban J connectivity index is 2.81. The molecule has 0 aromatic rings. The summed E-state index contributed by atoms with van der Waals surface area (Å²) in [6.07, 6.45) is 8.24. The van der Waals surface area contributed by atoms with Gasteiger partial charge in [-0.2, -0.15) is 0 Å². The van der Waals surface area contributed by atoms with Gasteiger partial charge in [-0.05, 0) is 18.9 Å². The molecule has 1 N–H and O–H groups in total. The summed E-state index contributed by atoms with van der Waals surface area (Å²) in [5.41, 5.74) is 0.859. The molecule has 1 atom stereocenters. The molecule has 0 spiro atoms. The Bertz CT molecular complexity index is 340. The van der Waals surface area contributed by atoms with Gasteiger partial charge < -0.3 is 0 Å². The lowest BCUT2D eigenvalue weighted by molar-refractivity contribution is -0.135. The predicted octanol–water partition coefficient (Wildman–Crippen LogP) is 1.73. The van der Waals surface area contributed by atoms with Gasteiger partial charge in [0, 0.05) is 6.42 Å². The molecule has 0 aromatic heterocycles. The van der Waals surface area contributed by atoms with E-state index in [1.165, 1.54) is 0 Å².